The molecule has 0 aromatic heterocycles. The smallest absolute Gasteiger partial charge is 0.0196 e. The van der Waals surface area contributed by atoms with E-state index < -0.39 is 0 Å². The maximum absolute atomic E-state index is 4.65. The van der Waals surface area contributed by atoms with E-state index in [0.717, 1.165) is 6.42 Å². The van der Waals surface area contributed by atoms with Crippen LogP contribution in [0.4, 0.5) is 0 Å². The topological polar surface area (TPSA) is 9.23 Å². The van der Waals surface area contributed by atoms with Crippen LogP contribution in [0.5, 0.6) is 0 Å². The van der Waals surface area contributed by atoms with Gasteiger partial charge in [-0.15, -0.1) is 0 Å². The van der Waals surface area contributed by atoms with Crippen LogP contribution in [-0.4, -0.2) is 6.10 Å². The van der Waals surface area contributed by atoms with Crippen LogP contribution in [0.15, 0.2) is 0 Å². The first-order chi connectivity index (χ1) is 5.37. The van der Waals surface area contributed by atoms with E-state index >= 15 is 0 Å². The average molecular weight is 262 g/mol. The van der Waals surface area contributed by atoms with Crippen molar-refractivity contribution in [1.82, 2.24) is 0 Å². The molecule has 0 rings (SSSR count). The summed E-state index contributed by atoms with van der Waals surface area (Å²) in [7, 11) is 3.26. The van der Waals surface area contributed by atoms with Gasteiger partial charge in [0.25, 0.3) is 0 Å². The number of hydrogen-bond acceptors (Lipinski definition) is 1. The number of rotatable bonds is 2. The molecule has 0 aliphatic rings. The fourth-order valence-electron chi connectivity index (χ4n) is 0.118. The molecular weight excluding hydrogens is 237 g/mol. The molecule has 0 bridgehead atoms. The first-order valence-corrected chi connectivity index (χ1v) is 4.78. The predicted octanol–water partition coefficient (Wildman–Crippen LogP) is 4.03. The third-order valence-corrected chi connectivity index (χ3v) is 1.92. The Morgan fingerprint density at radius 3 is 1.54 bits per heavy atom. The van der Waals surface area contributed by atoms with Crippen LogP contribution in [0, 0.1) is 12.5 Å². The molecule has 2 heteroatoms. The van der Waals surface area contributed by atoms with Crippen molar-refractivity contribution in [3.63, 3.8) is 0 Å². The summed E-state index contributed by atoms with van der Waals surface area (Å²) >= 11 is 0. The standard InChI is InChI=1S/C6H14.C5H11O.Y/c1-5-6(2,3)4;1-4-5(2)6-3;/h5H2,1-4H3;5H,3-4H2,1-2H3;/q;-1;. The van der Waals surface area contributed by atoms with Crippen molar-refractivity contribution in [2.45, 2.75) is 60.5 Å². The van der Waals surface area contributed by atoms with E-state index in [4.69, 9.17) is 0 Å². The molecule has 0 amide bonds. The minimum atomic E-state index is 0. The second-order valence-electron chi connectivity index (χ2n) is 4.30. The Hall–Kier alpha value is 1.06. The SMILES string of the molecule is CCC(C)(C)C.[CH2-]OC(C)CC.[Y]. The van der Waals surface area contributed by atoms with Crippen LogP contribution in [0.2, 0.25) is 0 Å². The van der Waals surface area contributed by atoms with Crippen LogP contribution in [0.3, 0.4) is 0 Å². The van der Waals surface area contributed by atoms with Gasteiger partial charge in [0.2, 0.25) is 0 Å². The zero-order chi connectivity index (χ0) is 10.2. The van der Waals surface area contributed by atoms with Gasteiger partial charge in [-0.2, -0.15) is 0 Å². The van der Waals surface area contributed by atoms with Crippen molar-refractivity contribution in [3.8, 4) is 0 Å². The maximum Gasteiger partial charge on any atom is 0.0196 e. The van der Waals surface area contributed by atoms with E-state index in [0.29, 0.717) is 11.5 Å². The van der Waals surface area contributed by atoms with Crippen LogP contribution in [0.1, 0.15) is 54.4 Å². The maximum atomic E-state index is 4.65. The van der Waals surface area contributed by atoms with Crippen molar-refractivity contribution in [3.05, 3.63) is 7.11 Å². The van der Waals surface area contributed by atoms with Crippen molar-refractivity contribution >= 4 is 0 Å². The molecule has 1 unspecified atom stereocenters. The van der Waals surface area contributed by atoms with Gasteiger partial charge in [0, 0.05) is 38.8 Å². The van der Waals surface area contributed by atoms with Crippen molar-refractivity contribution < 1.29 is 37.4 Å². The van der Waals surface area contributed by atoms with Gasteiger partial charge < -0.3 is 4.74 Å². The third kappa shape index (κ3) is 24.6. The summed E-state index contributed by atoms with van der Waals surface area (Å²) in [5, 5.41) is 0. The number of ether oxygens (including phenoxy) is 1. The molecule has 1 atom stereocenters. The van der Waals surface area contributed by atoms with Gasteiger partial charge in [0.15, 0.2) is 0 Å². The minimum absolute atomic E-state index is 0. The Kier molecular flexibility index (Phi) is 16.8. The number of hydrogen-bond donors (Lipinski definition) is 0. The van der Waals surface area contributed by atoms with E-state index in [2.05, 4.69) is 46.5 Å². The molecule has 0 heterocycles. The van der Waals surface area contributed by atoms with Gasteiger partial charge in [-0.1, -0.05) is 41.0 Å². The summed E-state index contributed by atoms with van der Waals surface area (Å²) in [5.74, 6) is 0. The Labute approximate surface area is 110 Å². The van der Waals surface area contributed by atoms with Crippen molar-refractivity contribution in [1.29, 1.82) is 0 Å². The molecular formula is C11H25OY-. The normalized spacial score (nSPS) is 12.2. The molecule has 0 aromatic rings. The Balaban J connectivity index is -0.000000143. The van der Waals surface area contributed by atoms with Gasteiger partial charge in [0.1, 0.15) is 0 Å². The molecule has 0 saturated carbocycles. The summed E-state index contributed by atoms with van der Waals surface area (Å²) < 4.78 is 4.65. The minimum Gasteiger partial charge on any atom is -0.553 e. The molecule has 13 heavy (non-hydrogen) atoms. The Bertz CT molecular complexity index is 82.6. The van der Waals surface area contributed by atoms with Crippen molar-refractivity contribution in [2.24, 2.45) is 5.41 Å². The van der Waals surface area contributed by atoms with Gasteiger partial charge in [-0.25, -0.2) is 7.11 Å². The first kappa shape index (κ1) is 19.6. The first-order valence-electron chi connectivity index (χ1n) is 4.78. The average Bonchev–Trinajstić information content (AvgIpc) is 2.03. The van der Waals surface area contributed by atoms with E-state index in [-0.39, 0.29) is 32.7 Å². The predicted molar refractivity (Wildman–Crippen MR) is 55.9 cm³/mol. The molecule has 0 N–H and O–H groups in total. The summed E-state index contributed by atoms with van der Waals surface area (Å²) in [6.07, 6.45) is 2.64. The quantitative estimate of drug-likeness (QED) is 0.682. The van der Waals surface area contributed by atoms with E-state index in [9.17, 15) is 0 Å². The molecule has 0 aromatic carbocycles. The molecule has 0 saturated heterocycles. The van der Waals surface area contributed by atoms with E-state index in [1.807, 2.05) is 6.92 Å². The molecule has 0 fully saturated rings. The summed E-state index contributed by atoms with van der Waals surface area (Å²) in [6.45, 7) is 13.0. The summed E-state index contributed by atoms with van der Waals surface area (Å²) in [5.41, 5.74) is 0.542. The Morgan fingerprint density at radius 1 is 1.23 bits per heavy atom. The zero-order valence-corrected chi connectivity index (χ0v) is 13.0. The van der Waals surface area contributed by atoms with Crippen LogP contribution < -0.4 is 0 Å². The zero-order valence-electron chi connectivity index (χ0n) is 10.2. The van der Waals surface area contributed by atoms with Gasteiger partial charge in [0.05, 0.1) is 0 Å². The van der Waals surface area contributed by atoms with E-state index in [1.165, 1.54) is 6.42 Å². The molecule has 1 nitrogen and oxygen atoms in total. The van der Waals surface area contributed by atoms with Gasteiger partial charge in [-0.05, 0) is 18.8 Å². The fraction of sp³-hybridized carbons (Fsp3) is 0.909. The summed E-state index contributed by atoms with van der Waals surface area (Å²) in [6, 6.07) is 0. The second kappa shape index (κ2) is 11.1. The molecule has 0 aliphatic heterocycles. The van der Waals surface area contributed by atoms with Crippen LogP contribution >= 0.6 is 0 Å². The van der Waals surface area contributed by atoms with Gasteiger partial charge in [-0.3, -0.25) is 0 Å². The fourth-order valence-corrected chi connectivity index (χ4v) is 0.118. The monoisotopic (exact) mass is 262 g/mol. The van der Waals surface area contributed by atoms with Crippen LogP contribution in [0.25, 0.3) is 0 Å². The molecule has 1 radical (unpaired) electrons. The molecule has 0 spiro atoms. The van der Waals surface area contributed by atoms with Crippen molar-refractivity contribution in [2.75, 3.05) is 0 Å². The molecule has 0 aliphatic carbocycles. The van der Waals surface area contributed by atoms with E-state index in [1.54, 1.807) is 0 Å². The third-order valence-electron chi connectivity index (χ3n) is 1.92. The van der Waals surface area contributed by atoms with Crippen LogP contribution in [-0.2, 0) is 37.4 Å². The molecule has 79 valence electrons. The Morgan fingerprint density at radius 2 is 1.54 bits per heavy atom. The summed E-state index contributed by atoms with van der Waals surface area (Å²) in [4.78, 5) is 0. The van der Waals surface area contributed by atoms with Gasteiger partial charge >= 0.3 is 0 Å². The second-order valence-corrected chi connectivity index (χ2v) is 4.30. The largest absolute Gasteiger partial charge is 0.553 e.